The van der Waals surface area contributed by atoms with Gasteiger partial charge in [0.25, 0.3) is 0 Å². The summed E-state index contributed by atoms with van der Waals surface area (Å²) in [4.78, 5) is 14.3. The van der Waals surface area contributed by atoms with Gasteiger partial charge in [-0.1, -0.05) is 145 Å². The lowest BCUT2D eigenvalue weighted by Crippen LogP contribution is -2.00. The Labute approximate surface area is 301 Å². The monoisotopic (exact) mass is 638 g/mol. The van der Waals surface area contributed by atoms with Gasteiger partial charge >= 0.3 is 0 Å². The molecule has 0 aliphatic carbocycles. The highest BCUT2D eigenvalue weighted by molar-refractivity contribution is 6.10. The molecule has 0 saturated heterocycles. The molecule has 0 aliphatic rings. The summed E-state index contributed by atoms with van der Waals surface area (Å²) < 4.78 is 107. The van der Waals surface area contributed by atoms with Crippen molar-refractivity contribution in [1.82, 2.24) is 19.5 Å². The van der Waals surface area contributed by atoms with Crippen LogP contribution in [0.15, 0.2) is 182 Å². The number of fused-ring (bicyclic) bond motifs is 3. The molecule has 9 rings (SSSR count). The summed E-state index contributed by atoms with van der Waals surface area (Å²) in [6, 6.07) is 27.1. The Morgan fingerprint density at radius 3 is 1.43 bits per heavy atom. The molecule has 0 aliphatic heterocycles. The zero-order chi connectivity index (χ0) is 43.0. The molecule has 0 fully saturated rings. The summed E-state index contributed by atoms with van der Waals surface area (Å²) >= 11 is 0. The normalized spacial score (nSPS) is 14.7. The molecule has 4 nitrogen and oxygen atoms in total. The van der Waals surface area contributed by atoms with Crippen LogP contribution in [0.2, 0.25) is 0 Å². The lowest BCUT2D eigenvalue weighted by atomic mass is 9.99. The second-order valence-corrected chi connectivity index (χ2v) is 11.2. The summed E-state index contributed by atoms with van der Waals surface area (Å²) in [5.74, 6) is 0.248. The van der Waals surface area contributed by atoms with E-state index in [1.807, 2.05) is 60.7 Å². The van der Waals surface area contributed by atoms with Crippen molar-refractivity contribution >= 4 is 21.8 Å². The number of benzene rings is 7. The molecule has 0 N–H and O–H groups in total. The predicted octanol–water partition coefficient (Wildman–Crippen LogP) is 11.3. The molecule has 2 heterocycles. The number of hydrogen-bond donors (Lipinski definition) is 0. The van der Waals surface area contributed by atoms with E-state index in [0.29, 0.717) is 11.1 Å². The fourth-order valence-corrected chi connectivity index (χ4v) is 5.84. The maximum atomic E-state index is 9.67. The largest absolute Gasteiger partial charge is 0.309 e. The SMILES string of the molecule is [2H]c1c([2H])c([2H])c(-n2c3c([2H])c([2H])c([2H])c([2H])c3c3c([2H])c(-c4nc(-c5ccccc5)nc(-c5ccc(-c6ccc(-c7ccccc7)cc6)cc5)n4)c([2H])c([2H])c32)c([2H])c1[2H]. The Hall–Kier alpha value is -6.65. The first-order valence-electron chi connectivity index (χ1n) is 21.5. The van der Waals surface area contributed by atoms with E-state index >= 15 is 0 Å². The zero-order valence-corrected chi connectivity index (χ0v) is 25.7. The highest BCUT2D eigenvalue weighted by atomic mass is 15.0. The van der Waals surface area contributed by atoms with Gasteiger partial charge in [0.15, 0.2) is 17.5 Å². The van der Waals surface area contributed by atoms with Crippen LogP contribution in [0, 0.1) is 0 Å². The van der Waals surface area contributed by atoms with Crippen LogP contribution in [0.3, 0.4) is 0 Å². The Kier molecular flexibility index (Phi) is 4.63. The van der Waals surface area contributed by atoms with Crippen molar-refractivity contribution < 1.29 is 16.4 Å². The Bertz CT molecular complexity index is 3220. The standard InChI is InChI=1S/C45H30N4/c1-4-12-31(13-5-1)32-20-22-33(23-21-32)34-24-26-36(27-25-34)44-46-43(35-14-6-2-7-15-35)47-45(48-44)37-28-29-42-40(30-37)39-18-10-11-19-41(39)49(42)38-16-8-3-9-17-38/h1-30H/i3D,8D,9D,10D,11D,16D,17D,18D,19D,28D,29D,30D. The van der Waals surface area contributed by atoms with E-state index in [4.69, 9.17) is 27.3 Å². The molecule has 0 radical (unpaired) electrons. The van der Waals surface area contributed by atoms with Gasteiger partial charge < -0.3 is 4.57 Å². The minimum atomic E-state index is -0.715. The number of nitrogens with zero attached hydrogens (tertiary/aromatic N) is 4. The second kappa shape index (κ2) is 12.2. The average Bonchev–Trinajstić information content (AvgIpc) is 3.65. The first-order valence-corrected chi connectivity index (χ1v) is 15.5. The minimum Gasteiger partial charge on any atom is -0.309 e. The van der Waals surface area contributed by atoms with E-state index in [9.17, 15) is 4.11 Å². The number of rotatable bonds is 6. The highest BCUT2D eigenvalue weighted by Crippen LogP contribution is 2.35. The Morgan fingerprint density at radius 2 is 0.816 bits per heavy atom. The van der Waals surface area contributed by atoms with E-state index < -0.39 is 78.2 Å². The number of hydrogen-bond acceptors (Lipinski definition) is 3. The van der Waals surface area contributed by atoms with Gasteiger partial charge in [0.2, 0.25) is 0 Å². The van der Waals surface area contributed by atoms with Crippen LogP contribution in [0.4, 0.5) is 0 Å². The smallest absolute Gasteiger partial charge is 0.164 e. The van der Waals surface area contributed by atoms with Gasteiger partial charge in [0, 0.05) is 33.2 Å². The van der Waals surface area contributed by atoms with Gasteiger partial charge in [-0.05, 0) is 58.5 Å². The molecular formula is C45H30N4. The van der Waals surface area contributed by atoms with Crippen molar-refractivity contribution in [3.63, 3.8) is 0 Å². The summed E-state index contributed by atoms with van der Waals surface area (Å²) in [5.41, 5.74) is 3.93. The topological polar surface area (TPSA) is 43.6 Å². The van der Waals surface area contributed by atoms with Crippen molar-refractivity contribution in [3.8, 4) is 62.1 Å². The predicted molar refractivity (Wildman–Crippen MR) is 201 cm³/mol. The van der Waals surface area contributed by atoms with Gasteiger partial charge in [-0.25, -0.2) is 15.0 Å². The average molecular weight is 639 g/mol. The fourth-order valence-electron chi connectivity index (χ4n) is 5.84. The molecule has 0 saturated carbocycles. The maximum Gasteiger partial charge on any atom is 0.164 e. The molecule has 2 aromatic heterocycles. The number of para-hydroxylation sites is 2. The zero-order valence-electron chi connectivity index (χ0n) is 37.7. The second-order valence-electron chi connectivity index (χ2n) is 11.2. The summed E-state index contributed by atoms with van der Waals surface area (Å²) in [5, 5.41) is -0.451. The van der Waals surface area contributed by atoms with Gasteiger partial charge in [0.05, 0.1) is 27.5 Å². The molecule has 7 aromatic carbocycles. The van der Waals surface area contributed by atoms with Crippen molar-refractivity contribution in [2.75, 3.05) is 0 Å². The maximum absolute atomic E-state index is 9.67. The Morgan fingerprint density at radius 1 is 0.367 bits per heavy atom. The van der Waals surface area contributed by atoms with Crippen LogP contribution in [0.5, 0.6) is 0 Å². The molecule has 230 valence electrons. The molecule has 4 heteroatoms. The van der Waals surface area contributed by atoms with Crippen molar-refractivity contribution in [3.05, 3.63) is 182 Å². The molecular weight excluding hydrogens is 597 g/mol. The third kappa shape index (κ3) is 5.35. The van der Waals surface area contributed by atoms with Crippen LogP contribution in [0.25, 0.3) is 83.9 Å². The third-order valence-corrected chi connectivity index (χ3v) is 8.23. The minimum absolute atomic E-state index is 0.153. The quantitative estimate of drug-likeness (QED) is 0.182. The lowest BCUT2D eigenvalue weighted by Gasteiger charge is -2.10. The van der Waals surface area contributed by atoms with E-state index in [0.717, 1.165) is 26.8 Å². The molecule has 0 spiro atoms. The van der Waals surface area contributed by atoms with Crippen LogP contribution in [-0.4, -0.2) is 19.5 Å². The molecule has 0 atom stereocenters. The third-order valence-electron chi connectivity index (χ3n) is 8.23. The van der Waals surface area contributed by atoms with Crippen LogP contribution >= 0.6 is 0 Å². The first-order chi connectivity index (χ1) is 29.3. The summed E-state index contributed by atoms with van der Waals surface area (Å²) in [6.07, 6.45) is 0. The van der Waals surface area contributed by atoms with Crippen molar-refractivity contribution in [1.29, 1.82) is 0 Å². The van der Waals surface area contributed by atoms with E-state index in [1.165, 1.54) is 0 Å². The molecule has 0 amide bonds. The Balaban J connectivity index is 1.28. The van der Waals surface area contributed by atoms with Crippen molar-refractivity contribution in [2.45, 2.75) is 0 Å². The number of aromatic nitrogens is 4. The van der Waals surface area contributed by atoms with E-state index in [2.05, 4.69) is 24.3 Å². The van der Waals surface area contributed by atoms with E-state index in [-0.39, 0.29) is 44.8 Å². The van der Waals surface area contributed by atoms with Gasteiger partial charge in [-0.15, -0.1) is 0 Å². The molecule has 0 unspecified atom stereocenters. The first kappa shape index (κ1) is 18.6. The van der Waals surface area contributed by atoms with Gasteiger partial charge in [0.1, 0.15) is 0 Å². The summed E-state index contributed by atoms with van der Waals surface area (Å²) in [7, 11) is 0. The fraction of sp³-hybridized carbons (Fsp3) is 0. The van der Waals surface area contributed by atoms with Crippen LogP contribution in [0.1, 0.15) is 16.4 Å². The molecule has 0 bridgehead atoms. The van der Waals surface area contributed by atoms with E-state index in [1.54, 1.807) is 24.3 Å². The molecule has 49 heavy (non-hydrogen) atoms. The van der Waals surface area contributed by atoms with Gasteiger partial charge in [-0.2, -0.15) is 0 Å². The van der Waals surface area contributed by atoms with Crippen LogP contribution < -0.4 is 0 Å². The molecule has 9 aromatic rings. The summed E-state index contributed by atoms with van der Waals surface area (Å²) in [6.45, 7) is 0. The lowest BCUT2D eigenvalue weighted by molar-refractivity contribution is 1.07. The highest BCUT2D eigenvalue weighted by Gasteiger charge is 2.16. The van der Waals surface area contributed by atoms with Crippen molar-refractivity contribution in [2.24, 2.45) is 0 Å². The van der Waals surface area contributed by atoms with Crippen LogP contribution in [-0.2, 0) is 0 Å². The van der Waals surface area contributed by atoms with Gasteiger partial charge in [-0.3, -0.25) is 0 Å².